The highest BCUT2D eigenvalue weighted by Gasteiger charge is 2.27. The normalized spacial score (nSPS) is 9.31. The largest absolute Gasteiger partial charge is 0.465 e. The maximum Gasteiger partial charge on any atom is 0.346 e. The molecule has 0 saturated heterocycles. The van der Waals surface area contributed by atoms with Crippen molar-refractivity contribution in [3.05, 3.63) is 33.4 Å². The van der Waals surface area contributed by atoms with E-state index in [9.17, 15) is 14.9 Å². The van der Waals surface area contributed by atoms with Crippen LogP contribution in [0.25, 0.3) is 0 Å². The van der Waals surface area contributed by atoms with Gasteiger partial charge in [0, 0.05) is 4.90 Å². The van der Waals surface area contributed by atoms with Crippen LogP contribution in [0.15, 0.2) is 17.0 Å². The highest BCUT2D eigenvalue weighted by Crippen LogP contribution is 2.29. The van der Waals surface area contributed by atoms with E-state index in [-0.39, 0.29) is 16.0 Å². The monoisotopic (exact) mass is 238 g/mol. The third-order valence-electron chi connectivity index (χ3n) is 1.85. The molecular weight excluding hydrogens is 232 g/mol. The van der Waals surface area contributed by atoms with Gasteiger partial charge < -0.3 is 4.74 Å². The lowest BCUT2D eigenvalue weighted by atomic mass is 10.1. The number of esters is 1. The third kappa shape index (κ3) is 1.97. The first-order valence-corrected chi connectivity index (χ1v) is 4.46. The quantitative estimate of drug-likeness (QED) is 0.365. The van der Waals surface area contributed by atoms with Gasteiger partial charge in [0.2, 0.25) is 0 Å². The summed E-state index contributed by atoms with van der Waals surface area (Å²) in [5.41, 5.74) is -1.10. The van der Waals surface area contributed by atoms with Crippen molar-refractivity contribution < 1.29 is 14.5 Å². The Kier molecular flexibility index (Phi) is 3.48. The zero-order chi connectivity index (χ0) is 12.3. The molecule has 82 valence electrons. The Hall–Kier alpha value is -2.07. The van der Waals surface area contributed by atoms with Gasteiger partial charge in [0.15, 0.2) is 5.56 Å². The van der Waals surface area contributed by atoms with Crippen LogP contribution in [-0.4, -0.2) is 18.0 Å². The first-order chi connectivity index (χ1) is 7.52. The number of carbonyl (C=O) groups excluding carboxylic acids is 1. The Morgan fingerprint density at radius 2 is 2.25 bits per heavy atom. The minimum Gasteiger partial charge on any atom is -0.465 e. The van der Waals surface area contributed by atoms with Gasteiger partial charge in [-0.25, -0.2) is 4.79 Å². The highest BCUT2D eigenvalue weighted by molar-refractivity contribution is 7.80. The van der Waals surface area contributed by atoms with Crippen LogP contribution >= 0.6 is 12.6 Å². The SMILES string of the molecule is COC(=O)c1c(S)ccc(C#N)c1[N+](=O)[O-]. The molecule has 0 fully saturated rings. The second-order valence-corrected chi connectivity index (χ2v) is 3.20. The first-order valence-electron chi connectivity index (χ1n) is 4.01. The van der Waals surface area contributed by atoms with Crippen LogP contribution in [0, 0.1) is 21.4 Å². The zero-order valence-corrected chi connectivity index (χ0v) is 9.02. The van der Waals surface area contributed by atoms with Gasteiger partial charge in [0.05, 0.1) is 12.0 Å². The summed E-state index contributed by atoms with van der Waals surface area (Å²) in [4.78, 5) is 21.4. The van der Waals surface area contributed by atoms with E-state index >= 15 is 0 Å². The summed E-state index contributed by atoms with van der Waals surface area (Å²) in [5, 5.41) is 19.5. The summed E-state index contributed by atoms with van der Waals surface area (Å²) in [6, 6.07) is 4.20. The number of hydrogen-bond acceptors (Lipinski definition) is 6. The van der Waals surface area contributed by atoms with E-state index in [0.717, 1.165) is 7.11 Å². The summed E-state index contributed by atoms with van der Waals surface area (Å²) >= 11 is 3.93. The maximum atomic E-state index is 11.3. The van der Waals surface area contributed by atoms with Crippen molar-refractivity contribution >= 4 is 24.3 Å². The molecule has 0 aliphatic heterocycles. The molecule has 0 saturated carbocycles. The number of thiol groups is 1. The van der Waals surface area contributed by atoms with Gasteiger partial charge in [-0.15, -0.1) is 12.6 Å². The van der Waals surface area contributed by atoms with Gasteiger partial charge in [-0.3, -0.25) is 10.1 Å². The smallest absolute Gasteiger partial charge is 0.346 e. The van der Waals surface area contributed by atoms with Crippen molar-refractivity contribution in [1.29, 1.82) is 5.26 Å². The van der Waals surface area contributed by atoms with E-state index in [1.54, 1.807) is 6.07 Å². The number of nitro benzene ring substituents is 1. The molecule has 0 amide bonds. The second-order valence-electron chi connectivity index (χ2n) is 2.72. The van der Waals surface area contributed by atoms with Crippen molar-refractivity contribution in [3.8, 4) is 6.07 Å². The zero-order valence-electron chi connectivity index (χ0n) is 8.13. The van der Waals surface area contributed by atoms with E-state index < -0.39 is 16.6 Å². The molecule has 0 unspecified atom stereocenters. The van der Waals surface area contributed by atoms with Gasteiger partial charge in [0.25, 0.3) is 0 Å². The average molecular weight is 238 g/mol. The first kappa shape index (κ1) is 12.0. The number of ether oxygens (including phenoxy) is 1. The predicted molar refractivity (Wildman–Crippen MR) is 56.4 cm³/mol. The van der Waals surface area contributed by atoms with Gasteiger partial charge in [-0.2, -0.15) is 5.26 Å². The number of hydrogen-bond donors (Lipinski definition) is 1. The van der Waals surface area contributed by atoms with Gasteiger partial charge >= 0.3 is 11.7 Å². The van der Waals surface area contributed by atoms with E-state index in [1.165, 1.54) is 12.1 Å². The minimum absolute atomic E-state index is 0.0950. The van der Waals surface area contributed by atoms with E-state index in [0.29, 0.717) is 0 Å². The number of nitrogens with zero attached hydrogens (tertiary/aromatic N) is 2. The molecule has 0 aliphatic rings. The molecule has 0 radical (unpaired) electrons. The fourth-order valence-corrected chi connectivity index (χ4v) is 1.44. The highest BCUT2D eigenvalue weighted by atomic mass is 32.1. The van der Waals surface area contributed by atoms with Crippen LogP contribution in [0.5, 0.6) is 0 Å². The fraction of sp³-hybridized carbons (Fsp3) is 0.111. The van der Waals surface area contributed by atoms with Crippen molar-refractivity contribution in [1.82, 2.24) is 0 Å². The molecular formula is C9H6N2O4S. The second kappa shape index (κ2) is 4.63. The van der Waals surface area contributed by atoms with Crippen molar-refractivity contribution in [2.24, 2.45) is 0 Å². The lowest BCUT2D eigenvalue weighted by molar-refractivity contribution is -0.385. The molecule has 16 heavy (non-hydrogen) atoms. The molecule has 7 heteroatoms. The lowest BCUT2D eigenvalue weighted by Crippen LogP contribution is -2.08. The third-order valence-corrected chi connectivity index (χ3v) is 2.22. The number of nitro groups is 1. The Morgan fingerprint density at radius 3 is 2.69 bits per heavy atom. The van der Waals surface area contributed by atoms with Gasteiger partial charge in [-0.05, 0) is 12.1 Å². The van der Waals surface area contributed by atoms with Crippen LogP contribution < -0.4 is 0 Å². The van der Waals surface area contributed by atoms with Crippen LogP contribution in [0.1, 0.15) is 15.9 Å². The summed E-state index contributed by atoms with van der Waals surface area (Å²) < 4.78 is 4.41. The van der Waals surface area contributed by atoms with Gasteiger partial charge in [-0.1, -0.05) is 0 Å². The molecule has 1 aromatic rings. The Morgan fingerprint density at radius 1 is 1.62 bits per heavy atom. The van der Waals surface area contributed by atoms with Crippen LogP contribution in [0.3, 0.4) is 0 Å². The number of nitriles is 1. The molecule has 0 heterocycles. The van der Waals surface area contributed by atoms with Crippen molar-refractivity contribution in [3.63, 3.8) is 0 Å². The molecule has 1 aromatic carbocycles. The summed E-state index contributed by atoms with van der Waals surface area (Å²) in [5.74, 6) is -0.895. The number of methoxy groups -OCH3 is 1. The van der Waals surface area contributed by atoms with Crippen LogP contribution in [0.2, 0.25) is 0 Å². The molecule has 6 nitrogen and oxygen atoms in total. The molecule has 0 aromatic heterocycles. The molecule has 1 rings (SSSR count). The Balaban J connectivity index is 3.62. The van der Waals surface area contributed by atoms with Crippen molar-refractivity contribution in [2.75, 3.05) is 7.11 Å². The Bertz CT molecular complexity index is 507. The molecule has 0 N–H and O–H groups in total. The van der Waals surface area contributed by atoms with Gasteiger partial charge in [0.1, 0.15) is 11.6 Å². The Labute approximate surface area is 96.0 Å². The standard InChI is InChI=1S/C9H6N2O4S/c1-15-9(12)7-6(16)3-2-5(4-10)8(7)11(13)14/h2-3,16H,1H3. The maximum absolute atomic E-state index is 11.3. The molecule has 0 atom stereocenters. The van der Waals surface area contributed by atoms with E-state index in [2.05, 4.69) is 17.4 Å². The van der Waals surface area contributed by atoms with Crippen LogP contribution in [-0.2, 0) is 4.74 Å². The number of rotatable bonds is 2. The van der Waals surface area contributed by atoms with E-state index in [1.807, 2.05) is 0 Å². The predicted octanol–water partition coefficient (Wildman–Crippen LogP) is 1.54. The summed E-state index contributed by atoms with van der Waals surface area (Å²) in [6.45, 7) is 0. The molecule has 0 aliphatic carbocycles. The van der Waals surface area contributed by atoms with Crippen LogP contribution in [0.4, 0.5) is 5.69 Å². The lowest BCUT2D eigenvalue weighted by Gasteiger charge is -2.04. The number of carbonyl (C=O) groups is 1. The average Bonchev–Trinajstić information content (AvgIpc) is 2.27. The molecule has 0 spiro atoms. The minimum atomic E-state index is -0.895. The fourth-order valence-electron chi connectivity index (χ4n) is 1.16. The summed E-state index contributed by atoms with van der Waals surface area (Å²) in [7, 11) is 1.10. The van der Waals surface area contributed by atoms with Crippen molar-refractivity contribution in [2.45, 2.75) is 4.90 Å². The summed E-state index contributed by atoms with van der Waals surface area (Å²) in [6.07, 6.45) is 0. The number of benzene rings is 1. The topological polar surface area (TPSA) is 93.2 Å². The van der Waals surface area contributed by atoms with E-state index in [4.69, 9.17) is 5.26 Å². The molecule has 0 bridgehead atoms.